The van der Waals surface area contributed by atoms with Gasteiger partial charge in [0.2, 0.25) is 0 Å². The van der Waals surface area contributed by atoms with Crippen molar-refractivity contribution in [2.75, 3.05) is 13.7 Å². The number of nitrogens with one attached hydrogen (secondary N) is 2. The van der Waals surface area contributed by atoms with Gasteiger partial charge in [-0.1, -0.05) is 0 Å². The zero-order valence-corrected chi connectivity index (χ0v) is 6.96. The van der Waals surface area contributed by atoms with E-state index in [0.717, 1.165) is 0 Å². The lowest BCUT2D eigenvalue weighted by Crippen LogP contribution is -2.38. The van der Waals surface area contributed by atoms with Gasteiger partial charge in [0.1, 0.15) is 6.04 Å². The summed E-state index contributed by atoms with van der Waals surface area (Å²) < 4.78 is 4.39. The van der Waals surface area contributed by atoms with E-state index in [1.54, 1.807) is 0 Å². The van der Waals surface area contributed by atoms with Crippen molar-refractivity contribution in [2.45, 2.75) is 12.5 Å². The molecule has 6 heteroatoms. The van der Waals surface area contributed by atoms with Crippen molar-refractivity contribution in [3.63, 3.8) is 0 Å². The van der Waals surface area contributed by atoms with Crippen LogP contribution < -0.4 is 16.8 Å². The molecule has 0 saturated heterocycles. The third-order valence-electron chi connectivity index (χ3n) is 1.27. The normalized spacial score (nSPS) is 11.8. The molecule has 0 aromatic rings. The fourth-order valence-corrected chi connectivity index (χ4v) is 0.632. The molecule has 0 aliphatic carbocycles. The van der Waals surface area contributed by atoms with Crippen LogP contribution in [0.25, 0.3) is 0 Å². The van der Waals surface area contributed by atoms with E-state index >= 15 is 0 Å². The van der Waals surface area contributed by atoms with Gasteiger partial charge >= 0.3 is 5.97 Å². The van der Waals surface area contributed by atoms with Gasteiger partial charge in [0, 0.05) is 6.54 Å². The maximum absolute atomic E-state index is 10.7. The van der Waals surface area contributed by atoms with E-state index in [-0.39, 0.29) is 5.96 Å². The molecule has 0 aliphatic rings. The Bertz CT molecular complexity index is 171. The molecule has 0 heterocycles. The van der Waals surface area contributed by atoms with Gasteiger partial charge in [-0.25, -0.2) is 0 Å². The first-order valence-electron chi connectivity index (χ1n) is 3.49. The number of carbonyl (C=O) groups excluding carboxylic acids is 1. The number of hydrogen-bond donors (Lipinski definition) is 4. The highest BCUT2D eigenvalue weighted by Gasteiger charge is 2.12. The standard InChI is InChI=1S/C6H14N4O2/c1-12-5(11)4(7)2-3-10-6(8)9/h4H,2-3,7H2,1H3,(H4,8,9,10). The molecule has 0 aromatic heterocycles. The molecular formula is C6H14N4O2. The largest absolute Gasteiger partial charge is 0.468 e. The summed E-state index contributed by atoms with van der Waals surface area (Å²) in [5.41, 5.74) is 10.4. The molecule has 6 nitrogen and oxygen atoms in total. The van der Waals surface area contributed by atoms with Crippen molar-refractivity contribution in [1.82, 2.24) is 5.32 Å². The summed E-state index contributed by atoms with van der Waals surface area (Å²) in [6.45, 7) is 0.394. The molecule has 0 aliphatic heterocycles. The van der Waals surface area contributed by atoms with Crippen LogP contribution in [0.5, 0.6) is 0 Å². The smallest absolute Gasteiger partial charge is 0.322 e. The molecule has 0 rings (SSSR count). The lowest BCUT2D eigenvalue weighted by atomic mass is 10.2. The summed E-state index contributed by atoms with van der Waals surface area (Å²) in [7, 11) is 1.28. The topological polar surface area (TPSA) is 114 Å². The van der Waals surface area contributed by atoms with Crippen molar-refractivity contribution in [1.29, 1.82) is 5.41 Å². The number of guanidine groups is 1. The lowest BCUT2D eigenvalue weighted by Gasteiger charge is -2.09. The van der Waals surface area contributed by atoms with E-state index in [9.17, 15) is 4.79 Å². The summed E-state index contributed by atoms with van der Waals surface area (Å²) in [5.74, 6) is -0.590. The van der Waals surface area contributed by atoms with Gasteiger partial charge in [-0.2, -0.15) is 0 Å². The maximum Gasteiger partial charge on any atom is 0.322 e. The average molecular weight is 174 g/mol. The van der Waals surface area contributed by atoms with Gasteiger partial charge in [0.15, 0.2) is 5.96 Å². The summed E-state index contributed by atoms with van der Waals surface area (Å²) in [6.07, 6.45) is 0.395. The predicted octanol–water partition coefficient (Wildman–Crippen LogP) is -1.64. The number of carbonyl (C=O) groups is 1. The number of esters is 1. The third kappa shape index (κ3) is 4.51. The van der Waals surface area contributed by atoms with Crippen LogP contribution in [-0.2, 0) is 9.53 Å². The Morgan fingerprint density at radius 3 is 2.75 bits per heavy atom. The first-order valence-corrected chi connectivity index (χ1v) is 3.49. The zero-order chi connectivity index (χ0) is 9.56. The predicted molar refractivity (Wildman–Crippen MR) is 44.5 cm³/mol. The van der Waals surface area contributed by atoms with Crippen LogP contribution in [0.4, 0.5) is 0 Å². The highest BCUT2D eigenvalue weighted by atomic mass is 16.5. The van der Waals surface area contributed by atoms with Crippen LogP contribution in [0.1, 0.15) is 6.42 Å². The Kier molecular flexibility index (Phi) is 4.78. The minimum atomic E-state index is -0.651. The van der Waals surface area contributed by atoms with Crippen molar-refractivity contribution < 1.29 is 9.53 Å². The first kappa shape index (κ1) is 10.7. The minimum absolute atomic E-state index is 0.132. The van der Waals surface area contributed by atoms with Crippen molar-refractivity contribution in [3.05, 3.63) is 0 Å². The van der Waals surface area contributed by atoms with Crippen LogP contribution in [-0.4, -0.2) is 31.6 Å². The lowest BCUT2D eigenvalue weighted by molar-refractivity contribution is -0.142. The van der Waals surface area contributed by atoms with E-state index < -0.39 is 12.0 Å². The van der Waals surface area contributed by atoms with Crippen molar-refractivity contribution >= 4 is 11.9 Å². The molecule has 6 N–H and O–H groups in total. The molecule has 0 spiro atoms. The Balaban J connectivity index is 3.50. The summed E-state index contributed by atoms with van der Waals surface area (Å²) in [5, 5.41) is 9.33. The maximum atomic E-state index is 10.7. The van der Waals surface area contributed by atoms with Crippen molar-refractivity contribution in [3.8, 4) is 0 Å². The second-order valence-corrected chi connectivity index (χ2v) is 2.26. The average Bonchev–Trinajstić information content (AvgIpc) is 2.02. The van der Waals surface area contributed by atoms with Crippen molar-refractivity contribution in [2.24, 2.45) is 11.5 Å². The SMILES string of the molecule is COC(=O)C(N)CCNC(=N)N. The van der Waals surface area contributed by atoms with Crippen LogP contribution in [0.2, 0.25) is 0 Å². The zero-order valence-electron chi connectivity index (χ0n) is 6.96. The van der Waals surface area contributed by atoms with Gasteiger partial charge in [-0.3, -0.25) is 10.2 Å². The number of nitrogens with two attached hydrogens (primary N) is 2. The van der Waals surface area contributed by atoms with Gasteiger partial charge < -0.3 is 21.5 Å². The molecule has 0 saturated carbocycles. The molecule has 0 aromatic carbocycles. The third-order valence-corrected chi connectivity index (χ3v) is 1.27. The molecular weight excluding hydrogens is 160 g/mol. The van der Waals surface area contributed by atoms with E-state index in [1.807, 2.05) is 0 Å². The minimum Gasteiger partial charge on any atom is -0.468 e. The Hall–Kier alpha value is -1.30. The van der Waals surface area contributed by atoms with Crippen LogP contribution in [0.15, 0.2) is 0 Å². The van der Waals surface area contributed by atoms with E-state index in [4.69, 9.17) is 16.9 Å². The van der Waals surface area contributed by atoms with E-state index in [0.29, 0.717) is 13.0 Å². The second-order valence-electron chi connectivity index (χ2n) is 2.26. The number of methoxy groups -OCH3 is 1. The summed E-state index contributed by atoms with van der Waals surface area (Å²) >= 11 is 0. The van der Waals surface area contributed by atoms with Crippen LogP contribution in [0.3, 0.4) is 0 Å². The molecule has 70 valence electrons. The van der Waals surface area contributed by atoms with E-state index in [1.165, 1.54) is 7.11 Å². The molecule has 0 radical (unpaired) electrons. The van der Waals surface area contributed by atoms with Crippen LogP contribution >= 0.6 is 0 Å². The molecule has 0 bridgehead atoms. The Morgan fingerprint density at radius 1 is 1.75 bits per heavy atom. The fourth-order valence-electron chi connectivity index (χ4n) is 0.632. The number of ether oxygens (including phenoxy) is 1. The Morgan fingerprint density at radius 2 is 2.33 bits per heavy atom. The van der Waals surface area contributed by atoms with Crippen LogP contribution in [0, 0.1) is 5.41 Å². The molecule has 12 heavy (non-hydrogen) atoms. The fraction of sp³-hybridized carbons (Fsp3) is 0.667. The van der Waals surface area contributed by atoms with Gasteiger partial charge in [-0.05, 0) is 6.42 Å². The molecule has 0 amide bonds. The summed E-state index contributed by atoms with van der Waals surface area (Å²) in [4.78, 5) is 10.7. The first-order chi connectivity index (χ1) is 5.57. The monoisotopic (exact) mass is 174 g/mol. The molecule has 1 atom stereocenters. The second kappa shape index (κ2) is 5.36. The highest BCUT2D eigenvalue weighted by Crippen LogP contribution is 1.88. The number of hydrogen-bond acceptors (Lipinski definition) is 4. The highest BCUT2D eigenvalue weighted by molar-refractivity contribution is 5.76. The van der Waals surface area contributed by atoms with E-state index in [2.05, 4.69) is 10.1 Å². The molecule has 0 fully saturated rings. The van der Waals surface area contributed by atoms with Gasteiger partial charge in [-0.15, -0.1) is 0 Å². The quantitative estimate of drug-likeness (QED) is 0.232. The van der Waals surface area contributed by atoms with Gasteiger partial charge in [0.25, 0.3) is 0 Å². The molecule has 1 unspecified atom stereocenters. The number of rotatable bonds is 4. The Labute approximate surface area is 70.8 Å². The summed E-state index contributed by atoms with van der Waals surface area (Å²) in [6, 6.07) is -0.651. The van der Waals surface area contributed by atoms with Gasteiger partial charge in [0.05, 0.1) is 7.11 Å².